The molecule has 3 rings (SSSR count). The van der Waals surface area contributed by atoms with Gasteiger partial charge in [0, 0.05) is 30.2 Å². The topological polar surface area (TPSA) is 41.9 Å². The number of β-amino-alcohol motifs (C(OH)–C–C–N with tert-alkyl or cyclic N) is 1. The number of hydrogen-bond acceptors (Lipinski definition) is 4. The fourth-order valence-corrected chi connectivity index (χ4v) is 2.99. The SMILES string of the molecule is OCCN1CCOC(c2ccc(OCc3ccccc3Cl)cc2)C1. The minimum atomic E-state index is 0.0444. The van der Waals surface area contributed by atoms with Crippen molar-refractivity contribution in [2.75, 3.05) is 32.8 Å². The van der Waals surface area contributed by atoms with Gasteiger partial charge in [-0.25, -0.2) is 0 Å². The van der Waals surface area contributed by atoms with Crippen molar-refractivity contribution in [3.8, 4) is 5.75 Å². The lowest BCUT2D eigenvalue weighted by molar-refractivity contribution is -0.0338. The fourth-order valence-electron chi connectivity index (χ4n) is 2.80. The Kier molecular flexibility index (Phi) is 6.10. The maximum Gasteiger partial charge on any atom is 0.119 e. The molecule has 1 atom stereocenters. The minimum Gasteiger partial charge on any atom is -0.489 e. The van der Waals surface area contributed by atoms with Crippen LogP contribution in [0, 0.1) is 0 Å². The van der Waals surface area contributed by atoms with Gasteiger partial charge in [0.05, 0.1) is 19.3 Å². The summed E-state index contributed by atoms with van der Waals surface area (Å²) in [7, 11) is 0. The number of aliphatic hydroxyl groups excluding tert-OH is 1. The summed E-state index contributed by atoms with van der Waals surface area (Å²) in [4.78, 5) is 2.22. The van der Waals surface area contributed by atoms with Gasteiger partial charge in [-0.1, -0.05) is 41.9 Å². The fraction of sp³-hybridized carbons (Fsp3) is 0.368. The molecule has 0 spiro atoms. The number of rotatable bonds is 6. The molecule has 1 unspecified atom stereocenters. The highest BCUT2D eigenvalue weighted by Gasteiger charge is 2.21. The number of ether oxygens (including phenoxy) is 2. The lowest BCUT2D eigenvalue weighted by atomic mass is 10.1. The Hall–Kier alpha value is -1.59. The zero-order valence-electron chi connectivity index (χ0n) is 13.5. The van der Waals surface area contributed by atoms with Crippen molar-refractivity contribution < 1.29 is 14.6 Å². The van der Waals surface area contributed by atoms with Gasteiger partial charge in [-0.15, -0.1) is 0 Å². The molecule has 1 fully saturated rings. The van der Waals surface area contributed by atoms with Gasteiger partial charge >= 0.3 is 0 Å². The first kappa shape index (κ1) is 17.2. The molecule has 0 radical (unpaired) electrons. The van der Waals surface area contributed by atoms with Crippen LogP contribution >= 0.6 is 11.6 Å². The molecule has 1 N–H and O–H groups in total. The first-order valence-corrected chi connectivity index (χ1v) is 8.55. The molecule has 4 nitrogen and oxygen atoms in total. The van der Waals surface area contributed by atoms with Crippen molar-refractivity contribution in [2.24, 2.45) is 0 Å². The first-order chi connectivity index (χ1) is 11.8. The van der Waals surface area contributed by atoms with Crippen LogP contribution in [0.4, 0.5) is 0 Å². The Morgan fingerprint density at radius 3 is 2.71 bits per heavy atom. The number of benzene rings is 2. The van der Waals surface area contributed by atoms with E-state index in [4.69, 9.17) is 26.2 Å². The Labute approximate surface area is 147 Å². The van der Waals surface area contributed by atoms with E-state index < -0.39 is 0 Å². The summed E-state index contributed by atoms with van der Waals surface area (Å²) >= 11 is 6.14. The van der Waals surface area contributed by atoms with Crippen molar-refractivity contribution in [3.63, 3.8) is 0 Å². The third-order valence-electron chi connectivity index (χ3n) is 4.17. The van der Waals surface area contributed by atoms with Crippen molar-refractivity contribution in [2.45, 2.75) is 12.7 Å². The zero-order chi connectivity index (χ0) is 16.8. The van der Waals surface area contributed by atoms with Gasteiger partial charge in [0.25, 0.3) is 0 Å². The second-order valence-corrected chi connectivity index (χ2v) is 6.24. The van der Waals surface area contributed by atoms with Crippen LogP contribution in [0.5, 0.6) is 5.75 Å². The Bertz CT molecular complexity index is 645. The lowest BCUT2D eigenvalue weighted by Gasteiger charge is -2.32. The molecule has 0 bridgehead atoms. The second-order valence-electron chi connectivity index (χ2n) is 5.83. The first-order valence-electron chi connectivity index (χ1n) is 8.17. The van der Waals surface area contributed by atoms with E-state index in [2.05, 4.69) is 4.90 Å². The minimum absolute atomic E-state index is 0.0444. The third-order valence-corrected chi connectivity index (χ3v) is 4.54. The van der Waals surface area contributed by atoms with Gasteiger partial charge in [0.1, 0.15) is 12.4 Å². The molecule has 2 aromatic rings. The van der Waals surface area contributed by atoms with Crippen LogP contribution in [0.3, 0.4) is 0 Å². The van der Waals surface area contributed by atoms with E-state index in [0.717, 1.165) is 30.0 Å². The number of hydrogen-bond donors (Lipinski definition) is 1. The predicted molar refractivity (Wildman–Crippen MR) is 94.4 cm³/mol. The summed E-state index contributed by atoms with van der Waals surface area (Å²) in [5.41, 5.74) is 2.10. The van der Waals surface area contributed by atoms with Gasteiger partial charge in [-0.05, 0) is 23.8 Å². The van der Waals surface area contributed by atoms with Gasteiger partial charge in [-0.3, -0.25) is 4.90 Å². The summed E-state index contributed by atoms with van der Waals surface area (Å²) < 4.78 is 11.7. The molecule has 2 aromatic carbocycles. The van der Waals surface area contributed by atoms with E-state index in [-0.39, 0.29) is 12.7 Å². The molecule has 1 heterocycles. The van der Waals surface area contributed by atoms with Crippen molar-refractivity contribution in [3.05, 3.63) is 64.7 Å². The van der Waals surface area contributed by atoms with Crippen LogP contribution in [0.1, 0.15) is 17.2 Å². The summed E-state index contributed by atoms with van der Waals surface area (Å²) in [6, 6.07) is 15.7. The van der Waals surface area contributed by atoms with Gasteiger partial charge in [0.15, 0.2) is 0 Å². The van der Waals surface area contributed by atoms with E-state index in [1.54, 1.807) is 0 Å². The van der Waals surface area contributed by atoms with Crippen LogP contribution in [-0.4, -0.2) is 42.9 Å². The normalized spacial score (nSPS) is 18.5. The molecule has 24 heavy (non-hydrogen) atoms. The Morgan fingerprint density at radius 1 is 1.17 bits per heavy atom. The van der Waals surface area contributed by atoms with Crippen LogP contribution < -0.4 is 4.74 Å². The quantitative estimate of drug-likeness (QED) is 0.870. The zero-order valence-corrected chi connectivity index (χ0v) is 14.3. The van der Waals surface area contributed by atoms with E-state index in [1.165, 1.54) is 0 Å². The largest absolute Gasteiger partial charge is 0.489 e. The molecule has 1 saturated heterocycles. The molecule has 0 aliphatic carbocycles. The highest BCUT2D eigenvalue weighted by molar-refractivity contribution is 6.31. The number of morpholine rings is 1. The molecule has 0 aromatic heterocycles. The van der Waals surface area contributed by atoms with E-state index in [9.17, 15) is 0 Å². The van der Waals surface area contributed by atoms with E-state index >= 15 is 0 Å². The average molecular weight is 348 g/mol. The smallest absolute Gasteiger partial charge is 0.119 e. The molecule has 0 saturated carbocycles. The monoisotopic (exact) mass is 347 g/mol. The third kappa shape index (κ3) is 4.48. The Morgan fingerprint density at radius 2 is 1.96 bits per heavy atom. The Balaban J connectivity index is 1.58. The number of aliphatic hydroxyl groups is 1. The van der Waals surface area contributed by atoms with Crippen LogP contribution in [0.15, 0.2) is 48.5 Å². The number of nitrogens with zero attached hydrogens (tertiary/aromatic N) is 1. The van der Waals surface area contributed by atoms with Gasteiger partial charge in [-0.2, -0.15) is 0 Å². The summed E-state index contributed by atoms with van der Waals surface area (Å²) in [5.74, 6) is 0.807. The van der Waals surface area contributed by atoms with Crippen molar-refractivity contribution in [1.29, 1.82) is 0 Å². The van der Waals surface area contributed by atoms with Gasteiger partial charge in [0.2, 0.25) is 0 Å². The molecular weight excluding hydrogens is 326 g/mol. The van der Waals surface area contributed by atoms with Crippen molar-refractivity contribution in [1.82, 2.24) is 4.90 Å². The summed E-state index contributed by atoms with van der Waals surface area (Å²) in [6.07, 6.45) is 0.0444. The molecule has 0 amide bonds. The number of halogens is 1. The molecular formula is C19H22ClNO3. The summed E-state index contributed by atoms with van der Waals surface area (Å²) in [5, 5.41) is 9.79. The lowest BCUT2D eigenvalue weighted by Crippen LogP contribution is -2.39. The van der Waals surface area contributed by atoms with Crippen LogP contribution in [-0.2, 0) is 11.3 Å². The maximum absolute atomic E-state index is 9.08. The molecule has 128 valence electrons. The second kappa shape index (κ2) is 8.49. The highest BCUT2D eigenvalue weighted by Crippen LogP contribution is 2.25. The predicted octanol–water partition coefficient (Wildman–Crippen LogP) is 3.28. The van der Waals surface area contributed by atoms with E-state index in [1.807, 2.05) is 48.5 Å². The molecule has 1 aliphatic rings. The summed E-state index contributed by atoms with van der Waals surface area (Å²) in [6.45, 7) is 3.69. The van der Waals surface area contributed by atoms with Crippen molar-refractivity contribution >= 4 is 11.6 Å². The standard InChI is InChI=1S/C19H22ClNO3/c20-18-4-2-1-3-16(18)14-24-17-7-5-15(6-8-17)19-13-21(9-11-22)10-12-23-19/h1-8,19,22H,9-14H2. The maximum atomic E-state index is 9.08. The van der Waals surface area contributed by atoms with E-state index in [0.29, 0.717) is 24.8 Å². The highest BCUT2D eigenvalue weighted by atomic mass is 35.5. The van der Waals surface area contributed by atoms with Crippen LogP contribution in [0.2, 0.25) is 5.02 Å². The average Bonchev–Trinajstić information content (AvgIpc) is 2.62. The molecule has 5 heteroatoms. The van der Waals surface area contributed by atoms with Gasteiger partial charge < -0.3 is 14.6 Å². The molecule has 1 aliphatic heterocycles. The van der Waals surface area contributed by atoms with Crippen LogP contribution in [0.25, 0.3) is 0 Å².